The van der Waals surface area contributed by atoms with Gasteiger partial charge in [0.15, 0.2) is 0 Å². The van der Waals surface area contributed by atoms with Gasteiger partial charge in [0, 0.05) is 18.0 Å². The fourth-order valence-corrected chi connectivity index (χ4v) is 2.32. The molecule has 1 N–H and O–H groups in total. The Morgan fingerprint density at radius 2 is 1.88 bits per heavy atom. The molecule has 0 spiro atoms. The van der Waals surface area contributed by atoms with Gasteiger partial charge in [0.25, 0.3) is 0 Å². The van der Waals surface area contributed by atoms with Gasteiger partial charge in [0.05, 0.1) is 25.0 Å². The van der Waals surface area contributed by atoms with Crippen molar-refractivity contribution >= 4 is 5.82 Å². The molecule has 136 valence electrons. The first kappa shape index (κ1) is 17.7. The summed E-state index contributed by atoms with van der Waals surface area (Å²) in [5.74, 6) is -0.346. The summed E-state index contributed by atoms with van der Waals surface area (Å²) < 4.78 is 44.9. The number of anilines is 1. The molecule has 0 saturated heterocycles. The van der Waals surface area contributed by atoms with E-state index >= 15 is 0 Å². The highest BCUT2D eigenvalue weighted by Gasteiger charge is 2.34. The number of hydrogen-bond donors (Lipinski definition) is 1. The Kier molecular flexibility index (Phi) is 4.79. The molecule has 1 atom stereocenters. The maximum atomic E-state index is 12.7. The molecule has 26 heavy (non-hydrogen) atoms. The zero-order valence-electron chi connectivity index (χ0n) is 14.0. The summed E-state index contributed by atoms with van der Waals surface area (Å²) in [6, 6.07) is 8.44. The lowest BCUT2D eigenvalue weighted by molar-refractivity contribution is -0.144. The van der Waals surface area contributed by atoms with Crippen molar-refractivity contribution in [3.8, 4) is 11.4 Å². The van der Waals surface area contributed by atoms with E-state index in [1.54, 1.807) is 24.2 Å². The summed E-state index contributed by atoms with van der Waals surface area (Å²) in [4.78, 5) is 6.75. The van der Waals surface area contributed by atoms with Crippen LogP contribution in [0, 0.1) is 0 Å². The Balaban J connectivity index is 1.75. The molecule has 1 aromatic carbocycles. The van der Waals surface area contributed by atoms with Crippen LogP contribution in [-0.2, 0) is 6.18 Å². The second kappa shape index (κ2) is 7.03. The first-order chi connectivity index (χ1) is 12.4. The van der Waals surface area contributed by atoms with Crippen molar-refractivity contribution in [2.24, 2.45) is 0 Å². The number of alkyl halides is 3. The Morgan fingerprint density at radius 1 is 1.15 bits per heavy atom. The lowest BCUT2D eigenvalue weighted by Crippen LogP contribution is -2.14. The van der Waals surface area contributed by atoms with Crippen LogP contribution in [0.3, 0.4) is 0 Å². The molecule has 0 aliphatic carbocycles. The molecule has 3 aromatic rings. The summed E-state index contributed by atoms with van der Waals surface area (Å²) in [6.45, 7) is 1.81. The molecule has 2 aromatic heterocycles. The molecule has 0 radical (unpaired) electrons. The third kappa shape index (κ3) is 3.93. The number of nitrogens with one attached hydrogen (secondary N) is 1. The molecular formula is C17H16F3N5O. The molecule has 0 aliphatic heterocycles. The normalized spacial score (nSPS) is 12.7. The van der Waals surface area contributed by atoms with E-state index < -0.39 is 12.0 Å². The standard InChI is InChI=1S/C17H16F3N5O/c1-11(23-15-7-8-21-16(24-15)17(18,19)20)12-9-22-25(10-12)13-3-5-14(26-2)6-4-13/h3-11H,1-2H3,(H,21,23,24)/t11-/m1/s1. The van der Waals surface area contributed by atoms with E-state index in [-0.39, 0.29) is 11.9 Å². The Bertz CT molecular complexity index is 877. The summed E-state index contributed by atoms with van der Waals surface area (Å²) in [7, 11) is 1.59. The first-order valence-electron chi connectivity index (χ1n) is 7.72. The van der Waals surface area contributed by atoms with Crippen molar-refractivity contribution in [1.29, 1.82) is 0 Å². The van der Waals surface area contributed by atoms with Crippen LogP contribution in [0.15, 0.2) is 48.9 Å². The molecule has 0 amide bonds. The van der Waals surface area contributed by atoms with Crippen LogP contribution in [0.4, 0.5) is 19.0 Å². The number of hydrogen-bond acceptors (Lipinski definition) is 5. The smallest absolute Gasteiger partial charge is 0.451 e. The van der Waals surface area contributed by atoms with Crippen LogP contribution in [0.25, 0.3) is 5.69 Å². The number of benzene rings is 1. The average molecular weight is 363 g/mol. The van der Waals surface area contributed by atoms with E-state index in [4.69, 9.17) is 4.74 Å². The van der Waals surface area contributed by atoms with Gasteiger partial charge in [-0.15, -0.1) is 0 Å². The fraction of sp³-hybridized carbons (Fsp3) is 0.235. The van der Waals surface area contributed by atoms with Gasteiger partial charge in [-0.2, -0.15) is 18.3 Å². The van der Waals surface area contributed by atoms with Gasteiger partial charge in [-0.05, 0) is 37.3 Å². The maximum absolute atomic E-state index is 12.7. The minimum Gasteiger partial charge on any atom is -0.497 e. The van der Waals surface area contributed by atoms with Crippen LogP contribution < -0.4 is 10.1 Å². The van der Waals surface area contributed by atoms with Crippen molar-refractivity contribution < 1.29 is 17.9 Å². The Morgan fingerprint density at radius 3 is 2.54 bits per heavy atom. The first-order valence-corrected chi connectivity index (χ1v) is 7.72. The molecule has 0 unspecified atom stereocenters. The number of methoxy groups -OCH3 is 1. The van der Waals surface area contributed by atoms with Gasteiger partial charge in [-0.25, -0.2) is 14.6 Å². The predicted octanol–water partition coefficient (Wildman–Crippen LogP) is 3.86. The maximum Gasteiger partial charge on any atom is 0.451 e. The van der Waals surface area contributed by atoms with Crippen molar-refractivity contribution in [2.75, 3.05) is 12.4 Å². The summed E-state index contributed by atoms with van der Waals surface area (Å²) in [5, 5.41) is 7.21. The Labute approximate surface area is 147 Å². The summed E-state index contributed by atoms with van der Waals surface area (Å²) in [6.07, 6.45) is -0.0646. The highest BCUT2D eigenvalue weighted by atomic mass is 19.4. The number of rotatable bonds is 5. The molecule has 9 heteroatoms. The number of nitrogens with zero attached hydrogens (tertiary/aromatic N) is 4. The quantitative estimate of drug-likeness (QED) is 0.746. The monoisotopic (exact) mass is 363 g/mol. The minimum absolute atomic E-state index is 0.0945. The van der Waals surface area contributed by atoms with Gasteiger partial charge in [0.2, 0.25) is 5.82 Å². The number of halogens is 3. The molecule has 6 nitrogen and oxygen atoms in total. The molecule has 0 fully saturated rings. The fourth-order valence-electron chi connectivity index (χ4n) is 2.32. The molecule has 0 saturated carbocycles. The van der Waals surface area contributed by atoms with Crippen LogP contribution in [0.5, 0.6) is 5.75 Å². The zero-order chi connectivity index (χ0) is 18.7. The van der Waals surface area contributed by atoms with E-state index in [0.717, 1.165) is 23.2 Å². The minimum atomic E-state index is -4.58. The van der Waals surface area contributed by atoms with Crippen molar-refractivity contribution in [3.05, 3.63) is 60.3 Å². The molecule has 3 rings (SSSR count). The lowest BCUT2D eigenvalue weighted by Gasteiger charge is -2.13. The third-order valence-electron chi connectivity index (χ3n) is 3.71. The van der Waals surface area contributed by atoms with Gasteiger partial charge >= 0.3 is 6.18 Å². The van der Waals surface area contributed by atoms with Gasteiger partial charge in [-0.3, -0.25) is 0 Å². The van der Waals surface area contributed by atoms with Crippen LogP contribution in [0.1, 0.15) is 24.4 Å². The lowest BCUT2D eigenvalue weighted by atomic mass is 10.2. The van der Waals surface area contributed by atoms with Crippen LogP contribution in [0.2, 0.25) is 0 Å². The van der Waals surface area contributed by atoms with Crippen LogP contribution >= 0.6 is 0 Å². The van der Waals surface area contributed by atoms with Gasteiger partial charge < -0.3 is 10.1 Å². The van der Waals surface area contributed by atoms with E-state index in [2.05, 4.69) is 20.4 Å². The molecule has 0 aliphatic rings. The van der Waals surface area contributed by atoms with Crippen molar-refractivity contribution in [2.45, 2.75) is 19.1 Å². The van der Waals surface area contributed by atoms with Crippen LogP contribution in [-0.4, -0.2) is 26.9 Å². The number of aromatic nitrogens is 4. The van der Waals surface area contributed by atoms with Crippen molar-refractivity contribution in [1.82, 2.24) is 19.7 Å². The second-order valence-electron chi connectivity index (χ2n) is 5.55. The van der Waals surface area contributed by atoms with E-state index in [1.807, 2.05) is 31.2 Å². The molecule has 2 heterocycles. The van der Waals surface area contributed by atoms with Crippen molar-refractivity contribution in [3.63, 3.8) is 0 Å². The average Bonchev–Trinajstić information content (AvgIpc) is 3.11. The number of ether oxygens (including phenoxy) is 1. The highest BCUT2D eigenvalue weighted by Crippen LogP contribution is 2.27. The van der Waals surface area contributed by atoms with E-state index in [9.17, 15) is 13.2 Å². The summed E-state index contributed by atoms with van der Waals surface area (Å²) in [5.41, 5.74) is 1.64. The highest BCUT2D eigenvalue weighted by molar-refractivity contribution is 5.39. The molecule has 0 bridgehead atoms. The zero-order valence-corrected chi connectivity index (χ0v) is 14.0. The molecular weight excluding hydrogens is 347 g/mol. The second-order valence-corrected chi connectivity index (χ2v) is 5.55. The largest absolute Gasteiger partial charge is 0.497 e. The summed E-state index contributed by atoms with van der Waals surface area (Å²) >= 11 is 0. The third-order valence-corrected chi connectivity index (χ3v) is 3.71. The van der Waals surface area contributed by atoms with E-state index in [1.165, 1.54) is 6.07 Å². The SMILES string of the molecule is COc1ccc(-n2cc([C@@H](C)Nc3ccnc(C(F)(F)F)n3)cn2)cc1. The Hall–Kier alpha value is -3.10. The van der Waals surface area contributed by atoms with Gasteiger partial charge in [-0.1, -0.05) is 0 Å². The topological polar surface area (TPSA) is 64.9 Å². The van der Waals surface area contributed by atoms with Gasteiger partial charge in [0.1, 0.15) is 11.6 Å². The predicted molar refractivity (Wildman–Crippen MR) is 89.2 cm³/mol. The van der Waals surface area contributed by atoms with E-state index in [0.29, 0.717) is 0 Å².